The summed E-state index contributed by atoms with van der Waals surface area (Å²) in [4.78, 5) is 66.3. The molecule has 4 aromatic rings. The number of pyridine rings is 1. The smallest absolute Gasteiger partial charge is 0.312 e. The van der Waals surface area contributed by atoms with E-state index in [0.29, 0.717) is 0 Å². The molecule has 0 aliphatic heterocycles. The summed E-state index contributed by atoms with van der Waals surface area (Å²) in [6.07, 6.45) is -1.49. The van der Waals surface area contributed by atoms with Gasteiger partial charge in [0.25, 0.3) is 5.56 Å². The van der Waals surface area contributed by atoms with Gasteiger partial charge in [-0.3, -0.25) is 23.5 Å². The van der Waals surface area contributed by atoms with Gasteiger partial charge in [-0.05, 0) is 19.1 Å². The molecule has 0 saturated carbocycles. The highest BCUT2D eigenvalue weighted by molar-refractivity contribution is 5.93. The van der Waals surface area contributed by atoms with Gasteiger partial charge in [-0.25, -0.2) is 24.7 Å². The number of aromatic nitrogens is 7. The van der Waals surface area contributed by atoms with Crippen LogP contribution in [0, 0.1) is 5.92 Å². The number of Topliss-reactive ketones (excluding diaryl/α,β-unsaturated/α-hetero) is 1. The van der Waals surface area contributed by atoms with E-state index in [0.717, 1.165) is 21.5 Å². The lowest BCUT2D eigenvalue weighted by atomic mass is 10.1. The van der Waals surface area contributed by atoms with Crippen molar-refractivity contribution in [1.29, 1.82) is 0 Å². The van der Waals surface area contributed by atoms with E-state index in [1.807, 2.05) is 0 Å². The van der Waals surface area contributed by atoms with E-state index in [2.05, 4.69) is 25.3 Å². The molecule has 0 aliphatic carbocycles. The van der Waals surface area contributed by atoms with Crippen molar-refractivity contribution in [3.05, 3.63) is 63.6 Å². The van der Waals surface area contributed by atoms with Gasteiger partial charge in [0, 0.05) is 30.9 Å². The molecule has 39 heavy (non-hydrogen) atoms. The molecule has 0 radical (unpaired) electrons. The Bertz CT molecular complexity index is 1690. The highest BCUT2D eigenvalue weighted by Crippen LogP contribution is 2.27. The van der Waals surface area contributed by atoms with Crippen LogP contribution >= 0.6 is 0 Å². The first-order valence-corrected chi connectivity index (χ1v) is 11.7. The second-order valence-corrected chi connectivity index (χ2v) is 9.04. The predicted molar refractivity (Wildman–Crippen MR) is 133 cm³/mol. The number of hydrogen-bond donors (Lipinski definition) is 1. The number of fused-ring (bicyclic) bond motifs is 1. The Labute approximate surface area is 218 Å². The molecule has 1 N–H and O–H groups in total. The first-order valence-electron chi connectivity index (χ1n) is 11.7. The lowest BCUT2D eigenvalue weighted by Crippen LogP contribution is -2.42. The van der Waals surface area contributed by atoms with E-state index in [1.54, 1.807) is 13.8 Å². The van der Waals surface area contributed by atoms with E-state index >= 15 is 0 Å². The van der Waals surface area contributed by atoms with Gasteiger partial charge in [-0.15, -0.1) is 0 Å². The minimum atomic E-state index is -4.69. The molecule has 0 fully saturated rings. The lowest BCUT2D eigenvalue weighted by Gasteiger charge is -2.15. The molecule has 0 spiro atoms. The maximum atomic E-state index is 13.2. The number of rotatable bonds is 7. The van der Waals surface area contributed by atoms with Crippen molar-refractivity contribution in [2.24, 2.45) is 13.0 Å². The molecular formula is C24H23F3N8O4. The monoisotopic (exact) mass is 544 g/mol. The fourth-order valence-electron chi connectivity index (χ4n) is 3.69. The molecule has 1 atom stereocenters. The average molecular weight is 544 g/mol. The minimum absolute atomic E-state index is 0.0417. The topological polar surface area (TPSA) is 147 Å². The van der Waals surface area contributed by atoms with Crippen molar-refractivity contribution in [2.75, 3.05) is 5.32 Å². The van der Waals surface area contributed by atoms with Crippen LogP contribution in [0.3, 0.4) is 0 Å². The Balaban J connectivity index is 1.63. The van der Waals surface area contributed by atoms with Crippen molar-refractivity contribution < 1.29 is 22.8 Å². The number of halogens is 3. The zero-order chi connectivity index (χ0) is 28.6. The summed E-state index contributed by atoms with van der Waals surface area (Å²) in [7, 11) is 1.41. The van der Waals surface area contributed by atoms with Crippen molar-refractivity contribution >= 4 is 28.7 Å². The fraction of sp³-hybridized carbons (Fsp3) is 0.333. The van der Waals surface area contributed by atoms with Crippen LogP contribution in [0.15, 0.2) is 46.5 Å². The quantitative estimate of drug-likeness (QED) is 0.373. The largest absolute Gasteiger partial charge is 0.451 e. The number of aryl methyl sites for hydroxylation is 1. The number of nitrogens with one attached hydrogen (secondary N) is 1. The minimum Gasteiger partial charge on any atom is -0.312 e. The van der Waals surface area contributed by atoms with Gasteiger partial charge in [0.1, 0.15) is 11.9 Å². The Morgan fingerprint density at radius 1 is 1.05 bits per heavy atom. The summed E-state index contributed by atoms with van der Waals surface area (Å²) in [5.74, 6) is -2.51. The molecule has 0 unspecified atom stereocenters. The molecular weight excluding hydrogens is 521 g/mol. The highest BCUT2D eigenvalue weighted by atomic mass is 19.4. The van der Waals surface area contributed by atoms with Crippen LogP contribution in [0.25, 0.3) is 22.4 Å². The van der Waals surface area contributed by atoms with Crippen LogP contribution in [0.4, 0.5) is 19.0 Å². The number of anilines is 1. The second-order valence-electron chi connectivity index (χ2n) is 9.04. The number of carbonyl (C=O) groups is 2. The SMILES string of the molecule is CC(C)C(=O)Cn1c(=O)c2c(ncn2[C@@H](C)C(=O)Nc2cccc(-c3cnc(C(F)(F)F)nc3)n2)n(C)c1=O. The van der Waals surface area contributed by atoms with Gasteiger partial charge >= 0.3 is 11.9 Å². The van der Waals surface area contributed by atoms with E-state index in [9.17, 15) is 32.3 Å². The molecule has 0 bridgehead atoms. The van der Waals surface area contributed by atoms with E-state index in [-0.39, 0.29) is 34.0 Å². The van der Waals surface area contributed by atoms with Gasteiger partial charge in [-0.1, -0.05) is 19.9 Å². The Morgan fingerprint density at radius 2 is 1.72 bits per heavy atom. The van der Waals surface area contributed by atoms with E-state index in [1.165, 1.54) is 43.1 Å². The molecule has 0 aromatic carbocycles. The first kappa shape index (κ1) is 27.3. The molecule has 204 valence electrons. The number of ketones is 1. The van der Waals surface area contributed by atoms with E-state index in [4.69, 9.17) is 0 Å². The summed E-state index contributed by atoms with van der Waals surface area (Å²) in [5, 5.41) is 2.60. The third-order valence-electron chi connectivity index (χ3n) is 6.01. The van der Waals surface area contributed by atoms with Crippen molar-refractivity contribution in [3.8, 4) is 11.3 Å². The highest BCUT2D eigenvalue weighted by Gasteiger charge is 2.34. The molecule has 12 nitrogen and oxygen atoms in total. The second kappa shape index (κ2) is 10.2. The molecule has 1 amide bonds. The molecule has 0 aliphatic rings. The average Bonchev–Trinajstić information content (AvgIpc) is 3.34. The number of hydrogen-bond acceptors (Lipinski definition) is 8. The van der Waals surface area contributed by atoms with Gasteiger partial charge < -0.3 is 9.88 Å². The third-order valence-corrected chi connectivity index (χ3v) is 6.01. The summed E-state index contributed by atoms with van der Waals surface area (Å²) >= 11 is 0. The zero-order valence-electron chi connectivity index (χ0n) is 21.2. The summed E-state index contributed by atoms with van der Waals surface area (Å²) < 4.78 is 41.5. The maximum absolute atomic E-state index is 13.2. The van der Waals surface area contributed by atoms with Gasteiger partial charge in [0.05, 0.1) is 18.6 Å². The lowest BCUT2D eigenvalue weighted by molar-refractivity contribution is -0.145. The molecule has 4 heterocycles. The number of imidazole rings is 1. The predicted octanol–water partition coefficient (Wildman–Crippen LogP) is 2.19. The van der Waals surface area contributed by atoms with Crippen molar-refractivity contribution in [2.45, 2.75) is 39.5 Å². The third kappa shape index (κ3) is 5.32. The summed E-state index contributed by atoms with van der Waals surface area (Å²) in [5.41, 5.74) is -1.06. The fourth-order valence-corrected chi connectivity index (χ4v) is 3.69. The number of alkyl halides is 3. The van der Waals surface area contributed by atoms with Crippen molar-refractivity contribution in [3.63, 3.8) is 0 Å². The Hall–Kier alpha value is -4.69. The Morgan fingerprint density at radius 3 is 2.33 bits per heavy atom. The van der Waals surface area contributed by atoms with Crippen LogP contribution in [0.2, 0.25) is 0 Å². The summed E-state index contributed by atoms with van der Waals surface area (Å²) in [6, 6.07) is 3.51. The van der Waals surface area contributed by atoms with E-state index < -0.39 is 47.7 Å². The zero-order valence-corrected chi connectivity index (χ0v) is 21.2. The standard InChI is InChI=1S/C24H23F3N8O4/c1-12(2)16(36)10-34-21(38)18-19(33(4)23(34)39)30-11-35(18)13(3)20(37)32-17-7-5-6-15(31-17)14-8-28-22(29-9-14)24(25,26)27/h5-9,11-13H,10H2,1-4H3,(H,31,32,37)/t13-/m0/s1. The molecule has 15 heteroatoms. The van der Waals surface area contributed by atoms with Gasteiger partial charge in [0.15, 0.2) is 16.9 Å². The molecule has 4 rings (SSSR count). The van der Waals surface area contributed by atoms with Crippen LogP contribution in [0.5, 0.6) is 0 Å². The number of nitrogens with zero attached hydrogens (tertiary/aromatic N) is 7. The Kier molecular flexibility index (Phi) is 7.17. The first-order chi connectivity index (χ1) is 18.3. The normalized spacial score (nSPS) is 12.6. The maximum Gasteiger partial charge on any atom is 0.451 e. The number of amides is 1. The molecule has 0 saturated heterocycles. The van der Waals surface area contributed by atoms with Gasteiger partial charge in [0.2, 0.25) is 11.7 Å². The van der Waals surface area contributed by atoms with Crippen LogP contribution < -0.4 is 16.6 Å². The summed E-state index contributed by atoms with van der Waals surface area (Å²) in [6.45, 7) is 4.38. The molecule has 4 aromatic heterocycles. The van der Waals surface area contributed by atoms with Crippen molar-refractivity contribution in [1.82, 2.24) is 33.6 Å². The van der Waals surface area contributed by atoms with Gasteiger partial charge in [-0.2, -0.15) is 13.2 Å². The number of carbonyl (C=O) groups excluding carboxylic acids is 2. The van der Waals surface area contributed by atoms with Crippen LogP contribution in [-0.4, -0.2) is 45.3 Å². The van der Waals surface area contributed by atoms with Crippen LogP contribution in [-0.2, 0) is 29.4 Å². The van der Waals surface area contributed by atoms with Crippen LogP contribution in [0.1, 0.15) is 32.6 Å².